The molecule has 0 aliphatic carbocycles. The van der Waals surface area contributed by atoms with E-state index < -0.39 is 49.5 Å². The van der Waals surface area contributed by atoms with Gasteiger partial charge in [0.15, 0.2) is 6.29 Å². The van der Waals surface area contributed by atoms with E-state index in [0.717, 1.165) is 103 Å². The maximum Gasteiger partial charge on any atom is 0.305 e. The van der Waals surface area contributed by atoms with Crippen LogP contribution in [0.15, 0.2) is 72.9 Å². The summed E-state index contributed by atoms with van der Waals surface area (Å²) in [6, 6.07) is -0.847. The van der Waals surface area contributed by atoms with E-state index in [4.69, 9.17) is 14.2 Å². The van der Waals surface area contributed by atoms with Gasteiger partial charge in [-0.25, -0.2) is 0 Å². The molecule has 0 aromatic rings. The first-order chi connectivity index (χ1) is 35.2. The molecule has 1 saturated heterocycles. The molecule has 0 bridgehead atoms. The van der Waals surface area contributed by atoms with Gasteiger partial charge in [-0.2, -0.15) is 0 Å². The molecule has 0 aromatic heterocycles. The minimum atomic E-state index is -1.59. The average molecular weight is 1010 g/mol. The number of nitrogens with one attached hydrogen (secondary N) is 1. The van der Waals surface area contributed by atoms with Gasteiger partial charge in [0.1, 0.15) is 24.4 Å². The van der Waals surface area contributed by atoms with Crippen molar-refractivity contribution < 1.29 is 49.3 Å². The number of unbranched alkanes of at least 4 members (excludes halogenated alkanes) is 25. The third kappa shape index (κ3) is 39.5. The van der Waals surface area contributed by atoms with Gasteiger partial charge >= 0.3 is 5.97 Å². The maximum atomic E-state index is 13.0. The molecule has 0 spiro atoms. The number of hydrogen-bond donors (Lipinski definition) is 6. The second kappa shape index (κ2) is 50.3. The molecule has 1 amide bonds. The summed E-state index contributed by atoms with van der Waals surface area (Å²) in [5, 5.41) is 54.1. The van der Waals surface area contributed by atoms with Crippen LogP contribution in [0.5, 0.6) is 0 Å². The molecule has 416 valence electrons. The van der Waals surface area contributed by atoms with E-state index in [2.05, 4.69) is 79.9 Å². The minimum absolute atomic E-state index is 0.0381. The number of aliphatic hydroxyl groups excluding tert-OH is 5. The molecule has 1 rings (SSSR count). The Balaban J connectivity index is 2.09. The SMILES string of the molecule is CC/C=C/CC/C=C/CC/C=C/C(O)C(COC1OC(CO)C(O)C(O)C1O)NC(=O)CCCCCCCCC/C=C\C/C=C\CCCCCOC(=O)CCCCCCCCC/C=C\CCCCCCCC. The number of carbonyl (C=O) groups is 2. The molecule has 6 N–H and O–H groups in total. The highest BCUT2D eigenvalue weighted by molar-refractivity contribution is 5.76. The van der Waals surface area contributed by atoms with Crippen molar-refractivity contribution >= 4 is 11.9 Å². The van der Waals surface area contributed by atoms with Crippen molar-refractivity contribution in [3.8, 4) is 0 Å². The molecule has 11 nitrogen and oxygen atoms in total. The van der Waals surface area contributed by atoms with Crippen LogP contribution in [0.2, 0.25) is 0 Å². The molecule has 1 aliphatic rings. The van der Waals surface area contributed by atoms with E-state index in [1.807, 2.05) is 6.08 Å². The molecule has 0 radical (unpaired) electrons. The summed E-state index contributed by atoms with van der Waals surface area (Å²) in [6.45, 7) is 4.12. The molecule has 7 atom stereocenters. The van der Waals surface area contributed by atoms with E-state index in [1.165, 1.54) is 103 Å². The Bertz CT molecular complexity index is 1430. The fourth-order valence-corrected chi connectivity index (χ4v) is 8.61. The summed E-state index contributed by atoms with van der Waals surface area (Å²) in [4.78, 5) is 25.1. The summed E-state index contributed by atoms with van der Waals surface area (Å²) in [5.41, 5.74) is 0. The highest BCUT2D eigenvalue weighted by Crippen LogP contribution is 2.23. The average Bonchev–Trinajstić information content (AvgIpc) is 3.38. The molecule has 0 saturated carbocycles. The van der Waals surface area contributed by atoms with Gasteiger partial charge in [0.25, 0.3) is 0 Å². The van der Waals surface area contributed by atoms with E-state index >= 15 is 0 Å². The number of amides is 1. The van der Waals surface area contributed by atoms with E-state index in [1.54, 1.807) is 6.08 Å². The van der Waals surface area contributed by atoms with Crippen molar-refractivity contribution in [3.63, 3.8) is 0 Å². The number of ether oxygens (including phenoxy) is 3. The Morgan fingerprint density at radius 2 is 0.986 bits per heavy atom. The zero-order chi connectivity index (χ0) is 52.4. The molecular weight excluding hydrogens is 907 g/mol. The summed E-state index contributed by atoms with van der Waals surface area (Å²) in [5.74, 6) is -0.255. The van der Waals surface area contributed by atoms with Crippen molar-refractivity contribution in [2.45, 2.75) is 281 Å². The largest absolute Gasteiger partial charge is 0.466 e. The number of rotatable bonds is 49. The predicted octanol–water partition coefficient (Wildman–Crippen LogP) is 13.2. The van der Waals surface area contributed by atoms with Crippen molar-refractivity contribution in [2.24, 2.45) is 0 Å². The lowest BCUT2D eigenvalue weighted by Gasteiger charge is -2.40. The van der Waals surface area contributed by atoms with Gasteiger partial charge in [0.2, 0.25) is 5.91 Å². The van der Waals surface area contributed by atoms with Gasteiger partial charge in [-0.1, -0.05) is 183 Å². The lowest BCUT2D eigenvalue weighted by Crippen LogP contribution is -2.60. The van der Waals surface area contributed by atoms with Gasteiger partial charge in [-0.15, -0.1) is 0 Å². The minimum Gasteiger partial charge on any atom is -0.466 e. The first-order valence-electron chi connectivity index (χ1n) is 29.2. The molecule has 1 fully saturated rings. The first kappa shape index (κ1) is 67.1. The van der Waals surface area contributed by atoms with Crippen molar-refractivity contribution in [1.29, 1.82) is 0 Å². The van der Waals surface area contributed by atoms with Crippen molar-refractivity contribution in [1.82, 2.24) is 5.32 Å². The Morgan fingerprint density at radius 1 is 0.528 bits per heavy atom. The van der Waals surface area contributed by atoms with Crippen molar-refractivity contribution in [3.05, 3.63) is 72.9 Å². The van der Waals surface area contributed by atoms with Gasteiger partial charge in [-0.05, 0) is 116 Å². The molecule has 1 heterocycles. The summed E-state index contributed by atoms with van der Waals surface area (Å²) >= 11 is 0. The van der Waals surface area contributed by atoms with E-state index in [9.17, 15) is 35.1 Å². The third-order valence-corrected chi connectivity index (χ3v) is 13.3. The van der Waals surface area contributed by atoms with Crippen LogP contribution in [0, 0.1) is 0 Å². The zero-order valence-corrected chi connectivity index (χ0v) is 45.6. The quantitative estimate of drug-likeness (QED) is 0.0195. The molecule has 0 aromatic carbocycles. The van der Waals surface area contributed by atoms with Crippen LogP contribution in [0.3, 0.4) is 0 Å². The smallest absolute Gasteiger partial charge is 0.305 e. The molecule has 1 aliphatic heterocycles. The van der Waals surface area contributed by atoms with Gasteiger partial charge in [0.05, 0.1) is 32.0 Å². The van der Waals surface area contributed by atoms with Crippen LogP contribution in [0.4, 0.5) is 0 Å². The second-order valence-corrected chi connectivity index (χ2v) is 19.9. The van der Waals surface area contributed by atoms with E-state index in [-0.39, 0.29) is 18.5 Å². The Morgan fingerprint density at radius 3 is 1.53 bits per heavy atom. The van der Waals surface area contributed by atoms with Crippen molar-refractivity contribution in [2.75, 3.05) is 19.8 Å². The van der Waals surface area contributed by atoms with Crippen LogP contribution >= 0.6 is 0 Å². The lowest BCUT2D eigenvalue weighted by molar-refractivity contribution is -0.302. The monoisotopic (exact) mass is 1010 g/mol. The lowest BCUT2D eigenvalue weighted by atomic mass is 9.99. The number of hydrogen-bond acceptors (Lipinski definition) is 10. The Hall–Kier alpha value is -2.90. The third-order valence-electron chi connectivity index (χ3n) is 13.3. The topological polar surface area (TPSA) is 175 Å². The predicted molar refractivity (Wildman–Crippen MR) is 296 cm³/mol. The van der Waals surface area contributed by atoms with Crippen LogP contribution in [0.25, 0.3) is 0 Å². The Kier molecular flexibility index (Phi) is 46.9. The number of aliphatic hydroxyl groups is 5. The molecule has 72 heavy (non-hydrogen) atoms. The number of carbonyl (C=O) groups excluding carboxylic acids is 2. The highest BCUT2D eigenvalue weighted by Gasteiger charge is 2.44. The number of esters is 1. The first-order valence-corrected chi connectivity index (χ1v) is 29.2. The van der Waals surface area contributed by atoms with E-state index in [0.29, 0.717) is 25.9 Å². The van der Waals surface area contributed by atoms with Gasteiger partial charge in [0, 0.05) is 12.8 Å². The second-order valence-electron chi connectivity index (χ2n) is 19.9. The highest BCUT2D eigenvalue weighted by atomic mass is 16.7. The fraction of sp³-hybridized carbons (Fsp3) is 0.770. The molecular formula is C61H107NO10. The Labute approximate surface area is 439 Å². The van der Waals surface area contributed by atoms with Gasteiger partial charge in [-0.3, -0.25) is 9.59 Å². The normalized spacial score (nSPS) is 19.6. The summed E-state index contributed by atoms with van der Waals surface area (Å²) in [6.07, 6.45) is 55.8. The zero-order valence-electron chi connectivity index (χ0n) is 45.6. The van der Waals surface area contributed by atoms with Crippen LogP contribution in [0.1, 0.15) is 239 Å². The summed E-state index contributed by atoms with van der Waals surface area (Å²) < 4.78 is 16.6. The summed E-state index contributed by atoms with van der Waals surface area (Å²) in [7, 11) is 0. The van der Waals surface area contributed by atoms with Gasteiger partial charge < -0.3 is 45.1 Å². The number of allylic oxidation sites excluding steroid dienone is 11. The molecule has 11 heteroatoms. The maximum absolute atomic E-state index is 13.0. The van der Waals surface area contributed by atoms with Crippen LogP contribution in [-0.2, 0) is 23.8 Å². The van der Waals surface area contributed by atoms with Crippen LogP contribution < -0.4 is 5.32 Å². The van der Waals surface area contributed by atoms with Crippen LogP contribution in [-0.4, -0.2) is 100 Å². The molecule has 7 unspecified atom stereocenters. The fourth-order valence-electron chi connectivity index (χ4n) is 8.61. The standard InChI is InChI=1S/C61H107NO10/c1-3-5-7-9-11-13-15-16-17-19-23-26-29-33-37-41-45-49-57(66)70-50-46-42-38-34-30-27-24-21-18-20-22-25-28-32-36-40-44-48-56(65)62-53(52-71-61-60(69)59(68)58(67)55(51-63)72-61)54(64)47-43-39-35-31-14-12-10-8-6-4-2/h6,8,14,16-18,21,27,30-31,43,47,53-55,58-61,63-64,67-69H,3-5,7,9-13,15,19-20,22-26,28-29,32-42,44-46,48-52H2,1-2H3,(H,62,65)/b8-6+,17-16-,21-18-,30-27-,31-14+,47-43+.